The van der Waals surface area contributed by atoms with Crippen LogP contribution in [0, 0.1) is 6.92 Å². The molecule has 0 unspecified atom stereocenters. The van der Waals surface area contributed by atoms with Gasteiger partial charge in [0.25, 0.3) is 0 Å². The van der Waals surface area contributed by atoms with Crippen LogP contribution < -0.4 is 9.64 Å². The topological polar surface area (TPSA) is 29.8 Å². The molecule has 1 aromatic carbocycles. The van der Waals surface area contributed by atoms with Crippen LogP contribution in [0.15, 0.2) is 42.7 Å². The van der Waals surface area contributed by atoms with E-state index in [2.05, 4.69) is 53.6 Å². The maximum atomic E-state index is 5.98. The van der Waals surface area contributed by atoms with Crippen molar-refractivity contribution in [1.82, 2.24) is 9.38 Å². The van der Waals surface area contributed by atoms with Crippen LogP contribution in [0.5, 0.6) is 5.75 Å². The molecule has 0 aliphatic heterocycles. The number of pyridine rings is 1. The summed E-state index contributed by atoms with van der Waals surface area (Å²) in [4.78, 5) is 6.87. The van der Waals surface area contributed by atoms with Crippen molar-refractivity contribution in [3.8, 4) is 17.0 Å². The Labute approximate surface area is 137 Å². The van der Waals surface area contributed by atoms with E-state index < -0.39 is 0 Å². The number of rotatable bonds is 5. The number of benzene rings is 1. The molecular formula is C19H23N3O. The summed E-state index contributed by atoms with van der Waals surface area (Å²) in [5.41, 5.74) is 5.25. The fourth-order valence-electron chi connectivity index (χ4n) is 2.62. The van der Waals surface area contributed by atoms with Crippen LogP contribution in [0.1, 0.15) is 18.9 Å². The molecule has 3 aromatic rings. The minimum Gasteiger partial charge on any atom is -0.493 e. The standard InChI is InChI=1S/C19H23N3O/c1-5-11-23-18-12-15(21(3)4)8-9-16(18)17-13-22-10-6-7-14(2)19(22)20-17/h6-10,12-13H,5,11H2,1-4H3. The second-order valence-corrected chi connectivity index (χ2v) is 5.97. The summed E-state index contributed by atoms with van der Waals surface area (Å²) < 4.78 is 8.05. The molecule has 4 heteroatoms. The van der Waals surface area contributed by atoms with Gasteiger partial charge in [-0.1, -0.05) is 13.0 Å². The van der Waals surface area contributed by atoms with E-state index in [-0.39, 0.29) is 0 Å². The highest BCUT2D eigenvalue weighted by molar-refractivity contribution is 5.73. The van der Waals surface area contributed by atoms with E-state index >= 15 is 0 Å². The van der Waals surface area contributed by atoms with Crippen molar-refractivity contribution in [2.75, 3.05) is 25.6 Å². The zero-order chi connectivity index (χ0) is 16.4. The lowest BCUT2D eigenvalue weighted by Gasteiger charge is -2.16. The van der Waals surface area contributed by atoms with Gasteiger partial charge in [0, 0.05) is 43.8 Å². The summed E-state index contributed by atoms with van der Waals surface area (Å²) in [7, 11) is 4.07. The predicted octanol–water partition coefficient (Wildman–Crippen LogP) is 4.16. The first-order valence-corrected chi connectivity index (χ1v) is 7.99. The van der Waals surface area contributed by atoms with Crippen LogP contribution in [-0.4, -0.2) is 30.1 Å². The molecular weight excluding hydrogens is 286 g/mol. The first-order valence-electron chi connectivity index (χ1n) is 7.99. The minimum absolute atomic E-state index is 0.705. The Bertz CT molecular complexity index is 821. The summed E-state index contributed by atoms with van der Waals surface area (Å²) >= 11 is 0. The Morgan fingerprint density at radius 3 is 2.74 bits per heavy atom. The van der Waals surface area contributed by atoms with Gasteiger partial charge in [-0.15, -0.1) is 0 Å². The van der Waals surface area contributed by atoms with Crippen molar-refractivity contribution in [2.24, 2.45) is 0 Å². The normalized spacial score (nSPS) is 11.0. The van der Waals surface area contributed by atoms with Gasteiger partial charge < -0.3 is 14.0 Å². The van der Waals surface area contributed by atoms with Crippen molar-refractivity contribution in [2.45, 2.75) is 20.3 Å². The average Bonchev–Trinajstić information content (AvgIpc) is 2.98. The molecule has 3 rings (SSSR count). The SMILES string of the molecule is CCCOc1cc(N(C)C)ccc1-c1cn2cccc(C)c2n1. The van der Waals surface area contributed by atoms with E-state index in [1.165, 1.54) is 5.56 Å². The number of imidazole rings is 1. The maximum Gasteiger partial charge on any atom is 0.140 e. The van der Waals surface area contributed by atoms with Gasteiger partial charge in [0.05, 0.1) is 12.3 Å². The number of hydrogen-bond acceptors (Lipinski definition) is 3. The summed E-state index contributed by atoms with van der Waals surface area (Å²) in [6, 6.07) is 10.4. The number of hydrogen-bond donors (Lipinski definition) is 0. The molecule has 2 heterocycles. The highest BCUT2D eigenvalue weighted by Crippen LogP contribution is 2.33. The van der Waals surface area contributed by atoms with E-state index in [1.54, 1.807) is 0 Å². The van der Waals surface area contributed by atoms with Crippen LogP contribution >= 0.6 is 0 Å². The van der Waals surface area contributed by atoms with Crippen molar-refractivity contribution < 1.29 is 4.74 Å². The molecule has 0 saturated heterocycles. The van der Waals surface area contributed by atoms with Gasteiger partial charge in [0.15, 0.2) is 0 Å². The highest BCUT2D eigenvalue weighted by atomic mass is 16.5. The lowest BCUT2D eigenvalue weighted by atomic mass is 10.1. The highest BCUT2D eigenvalue weighted by Gasteiger charge is 2.13. The molecule has 0 radical (unpaired) electrons. The number of fused-ring (bicyclic) bond motifs is 1. The molecule has 0 N–H and O–H groups in total. The summed E-state index contributed by atoms with van der Waals surface area (Å²) in [6.45, 7) is 4.90. The van der Waals surface area contributed by atoms with Crippen LogP contribution in [-0.2, 0) is 0 Å². The van der Waals surface area contributed by atoms with Gasteiger partial charge in [0.1, 0.15) is 11.4 Å². The Morgan fingerprint density at radius 1 is 1.22 bits per heavy atom. The number of anilines is 1. The zero-order valence-electron chi connectivity index (χ0n) is 14.2. The quantitative estimate of drug-likeness (QED) is 0.708. The van der Waals surface area contributed by atoms with E-state index in [0.717, 1.165) is 34.8 Å². The van der Waals surface area contributed by atoms with E-state index in [4.69, 9.17) is 9.72 Å². The Kier molecular flexibility index (Phi) is 4.24. The second-order valence-electron chi connectivity index (χ2n) is 5.97. The molecule has 4 nitrogen and oxygen atoms in total. The van der Waals surface area contributed by atoms with Crippen molar-refractivity contribution in [1.29, 1.82) is 0 Å². The number of nitrogens with zero attached hydrogens (tertiary/aromatic N) is 3. The lowest BCUT2D eigenvalue weighted by Crippen LogP contribution is -2.09. The van der Waals surface area contributed by atoms with Gasteiger partial charge in [-0.2, -0.15) is 0 Å². The van der Waals surface area contributed by atoms with E-state index in [9.17, 15) is 0 Å². The van der Waals surface area contributed by atoms with Crippen LogP contribution in [0.3, 0.4) is 0 Å². The van der Waals surface area contributed by atoms with Crippen molar-refractivity contribution >= 4 is 11.3 Å². The molecule has 0 spiro atoms. The minimum atomic E-state index is 0.705. The van der Waals surface area contributed by atoms with Crippen molar-refractivity contribution in [3.63, 3.8) is 0 Å². The third-order valence-electron chi connectivity index (χ3n) is 3.90. The lowest BCUT2D eigenvalue weighted by molar-refractivity contribution is 0.318. The van der Waals surface area contributed by atoms with Gasteiger partial charge in [-0.3, -0.25) is 0 Å². The van der Waals surface area contributed by atoms with Crippen LogP contribution in [0.25, 0.3) is 16.9 Å². The largest absolute Gasteiger partial charge is 0.493 e. The first kappa shape index (κ1) is 15.4. The van der Waals surface area contributed by atoms with Gasteiger partial charge in [0.2, 0.25) is 0 Å². The fourth-order valence-corrected chi connectivity index (χ4v) is 2.62. The maximum absolute atomic E-state index is 5.98. The number of aryl methyl sites for hydroxylation is 1. The molecule has 0 saturated carbocycles. The number of aromatic nitrogens is 2. The molecule has 0 fully saturated rings. The van der Waals surface area contributed by atoms with Crippen molar-refractivity contribution in [3.05, 3.63) is 48.3 Å². The third kappa shape index (κ3) is 3.02. The van der Waals surface area contributed by atoms with E-state index in [0.29, 0.717) is 6.61 Å². The average molecular weight is 309 g/mol. The third-order valence-corrected chi connectivity index (χ3v) is 3.90. The number of ether oxygens (including phenoxy) is 1. The second kappa shape index (κ2) is 6.32. The Morgan fingerprint density at radius 2 is 2.04 bits per heavy atom. The first-order chi connectivity index (χ1) is 11.1. The van der Waals surface area contributed by atoms with Crippen LogP contribution in [0.4, 0.5) is 5.69 Å². The van der Waals surface area contributed by atoms with Gasteiger partial charge >= 0.3 is 0 Å². The summed E-state index contributed by atoms with van der Waals surface area (Å²) in [5.74, 6) is 0.888. The molecule has 0 atom stereocenters. The van der Waals surface area contributed by atoms with Gasteiger partial charge in [-0.25, -0.2) is 4.98 Å². The summed E-state index contributed by atoms with van der Waals surface area (Å²) in [5, 5.41) is 0. The summed E-state index contributed by atoms with van der Waals surface area (Å²) in [6.07, 6.45) is 5.07. The molecule has 120 valence electrons. The van der Waals surface area contributed by atoms with Gasteiger partial charge in [-0.05, 0) is 37.1 Å². The molecule has 2 aromatic heterocycles. The fraction of sp³-hybridized carbons (Fsp3) is 0.316. The van der Waals surface area contributed by atoms with E-state index in [1.807, 2.05) is 26.4 Å². The molecule has 23 heavy (non-hydrogen) atoms. The Balaban J connectivity index is 2.10. The molecule has 0 aliphatic rings. The molecule has 0 amide bonds. The zero-order valence-corrected chi connectivity index (χ0v) is 14.2. The molecule has 0 bridgehead atoms. The monoisotopic (exact) mass is 309 g/mol. The Hall–Kier alpha value is -2.49. The smallest absolute Gasteiger partial charge is 0.140 e. The predicted molar refractivity (Wildman–Crippen MR) is 95.5 cm³/mol. The molecule has 0 aliphatic carbocycles. The van der Waals surface area contributed by atoms with Crippen LogP contribution in [0.2, 0.25) is 0 Å².